The van der Waals surface area contributed by atoms with E-state index in [4.69, 9.17) is 23.7 Å². The van der Waals surface area contributed by atoms with Gasteiger partial charge >= 0.3 is 11.8 Å². The second-order valence-corrected chi connectivity index (χ2v) is 15.5. The number of amides is 2. The van der Waals surface area contributed by atoms with E-state index in [2.05, 4.69) is 34.6 Å². The average Bonchev–Trinajstić information content (AvgIpc) is 3.91. The Hall–Kier alpha value is -6.76. The van der Waals surface area contributed by atoms with Gasteiger partial charge in [0.2, 0.25) is 5.91 Å². The number of methoxy groups -OCH3 is 2. The predicted octanol–water partition coefficient (Wildman–Crippen LogP) is 8.55. The van der Waals surface area contributed by atoms with Crippen molar-refractivity contribution in [2.45, 2.75) is 49.5 Å². The lowest BCUT2D eigenvalue weighted by Gasteiger charge is -2.37. The third-order valence-corrected chi connectivity index (χ3v) is 11.7. The normalized spacial score (nSPS) is 15.7. The first-order chi connectivity index (χ1) is 30.3. The van der Waals surface area contributed by atoms with Crippen molar-refractivity contribution in [1.82, 2.24) is 14.5 Å². The van der Waals surface area contributed by atoms with Crippen molar-refractivity contribution in [2.75, 3.05) is 46.3 Å². The van der Waals surface area contributed by atoms with Crippen LogP contribution in [0, 0.1) is 0 Å². The molecule has 0 radical (unpaired) electrons. The molecule has 1 aliphatic carbocycles. The number of benzene rings is 5. The van der Waals surface area contributed by atoms with Crippen molar-refractivity contribution < 1.29 is 33.3 Å². The molecule has 1 N–H and O–H groups in total. The molecule has 2 atom stereocenters. The second-order valence-electron chi connectivity index (χ2n) is 15.5. The smallest absolute Gasteiger partial charge is 0.409 e. The fraction of sp³-hybridized carbons (Fsp3) is 0.280. The molecule has 1 aliphatic heterocycles. The zero-order chi connectivity index (χ0) is 43.1. The first-order valence-electron chi connectivity index (χ1n) is 20.9. The van der Waals surface area contributed by atoms with E-state index >= 15 is 0 Å². The summed E-state index contributed by atoms with van der Waals surface area (Å²) in [7, 11) is 4.93. The molecule has 62 heavy (non-hydrogen) atoms. The van der Waals surface area contributed by atoms with E-state index < -0.39 is 23.6 Å². The van der Waals surface area contributed by atoms with Gasteiger partial charge in [-0.15, -0.1) is 0 Å². The van der Waals surface area contributed by atoms with Gasteiger partial charge in [0.1, 0.15) is 35.8 Å². The Labute approximate surface area is 361 Å². The van der Waals surface area contributed by atoms with Crippen LogP contribution in [0.3, 0.4) is 0 Å². The molecule has 5 aromatic carbocycles. The Morgan fingerprint density at radius 2 is 1.34 bits per heavy atom. The molecular formula is C50H50N4O8. The Morgan fingerprint density at radius 1 is 0.758 bits per heavy atom. The lowest BCUT2D eigenvalue weighted by molar-refractivity contribution is -0.116. The van der Waals surface area contributed by atoms with Gasteiger partial charge < -0.3 is 33.9 Å². The van der Waals surface area contributed by atoms with Crippen LogP contribution in [-0.4, -0.2) is 73.6 Å². The lowest BCUT2D eigenvalue weighted by Crippen LogP contribution is -2.36. The maximum atomic E-state index is 13.3. The standard InChI is InChI=1S/C50H50N4O8/c1-53(49(57)60-33-44-42-16-9-7-14-40(42)41-15-8-10-17-43(41)44)30-11-18-46(55)51-45-29-31-54(48(56)52-45)47-28-27-39(62-47)32-61-50(34-12-5-4-6-13-34,35-19-23-37(58-2)24-20-35)36-21-25-38(59-3)26-22-36/h4-10,12-17,19-26,29,31,39,44,47H,11,18,27-28,30,32-33H2,1-3H3,(H,51,52,55,56)/t39-,47+/m0/s1. The van der Waals surface area contributed by atoms with Gasteiger partial charge in [0.25, 0.3) is 0 Å². The van der Waals surface area contributed by atoms with Crippen LogP contribution in [0.2, 0.25) is 0 Å². The van der Waals surface area contributed by atoms with Gasteiger partial charge in [-0.3, -0.25) is 9.36 Å². The van der Waals surface area contributed by atoms with Crippen LogP contribution in [0.1, 0.15) is 65.6 Å². The topological polar surface area (TPSA) is 130 Å². The van der Waals surface area contributed by atoms with Crippen molar-refractivity contribution in [2.24, 2.45) is 0 Å². The van der Waals surface area contributed by atoms with E-state index in [-0.39, 0.29) is 43.4 Å². The SMILES string of the molecule is COc1ccc(C(OC[C@@H]2CC[C@H](n3ccc(NC(=O)CCCN(C)C(=O)OCC4c5ccccc5-c5ccccc54)nc3=O)O2)(c2ccccc2)c2ccc(OC)cc2)cc1. The van der Waals surface area contributed by atoms with Crippen molar-refractivity contribution in [3.8, 4) is 22.6 Å². The molecule has 0 saturated carbocycles. The number of fused-ring (bicyclic) bond motifs is 3. The van der Waals surface area contributed by atoms with Gasteiger partial charge in [-0.25, -0.2) is 9.59 Å². The number of anilines is 1. The van der Waals surface area contributed by atoms with E-state index in [1.165, 1.54) is 9.47 Å². The highest BCUT2D eigenvalue weighted by Gasteiger charge is 2.40. The summed E-state index contributed by atoms with van der Waals surface area (Å²) in [6, 6.07) is 43.7. The number of nitrogens with one attached hydrogen (secondary N) is 1. The summed E-state index contributed by atoms with van der Waals surface area (Å²) < 4.78 is 31.6. The Morgan fingerprint density at radius 3 is 1.94 bits per heavy atom. The number of hydrogen-bond acceptors (Lipinski definition) is 9. The molecular weight excluding hydrogens is 785 g/mol. The molecule has 6 aromatic rings. The fourth-order valence-corrected chi connectivity index (χ4v) is 8.49. The summed E-state index contributed by atoms with van der Waals surface area (Å²) in [5, 5.41) is 2.72. The number of carbonyl (C=O) groups excluding carboxylic acids is 2. The largest absolute Gasteiger partial charge is 0.497 e. The number of aromatic nitrogens is 2. The van der Waals surface area contributed by atoms with E-state index in [9.17, 15) is 14.4 Å². The molecule has 12 heteroatoms. The predicted molar refractivity (Wildman–Crippen MR) is 235 cm³/mol. The van der Waals surface area contributed by atoms with E-state index in [0.29, 0.717) is 25.8 Å². The Kier molecular flexibility index (Phi) is 12.8. The van der Waals surface area contributed by atoms with Gasteiger partial charge in [0, 0.05) is 32.1 Å². The third kappa shape index (κ3) is 8.83. The van der Waals surface area contributed by atoms with Crippen molar-refractivity contribution in [3.63, 3.8) is 0 Å². The number of carbonyl (C=O) groups is 2. The molecule has 318 valence electrons. The minimum Gasteiger partial charge on any atom is -0.497 e. The summed E-state index contributed by atoms with van der Waals surface area (Å²) in [5.74, 6) is 1.25. The van der Waals surface area contributed by atoms with Crippen LogP contribution < -0.4 is 20.5 Å². The Bertz CT molecular complexity index is 2450. The van der Waals surface area contributed by atoms with Gasteiger partial charge in [0.15, 0.2) is 0 Å². The molecule has 2 amide bonds. The zero-order valence-electron chi connectivity index (χ0n) is 35.1. The molecule has 0 spiro atoms. The van der Waals surface area contributed by atoms with Gasteiger partial charge in [-0.1, -0.05) is 103 Å². The number of ether oxygens (including phenoxy) is 5. The summed E-state index contributed by atoms with van der Waals surface area (Å²) in [4.78, 5) is 44.7. The second kappa shape index (κ2) is 18.9. The summed E-state index contributed by atoms with van der Waals surface area (Å²) in [6.07, 6.45) is 1.99. The molecule has 1 aromatic heterocycles. The van der Waals surface area contributed by atoms with Crippen molar-refractivity contribution >= 4 is 17.8 Å². The summed E-state index contributed by atoms with van der Waals surface area (Å²) in [5.41, 5.74) is 5.81. The quantitative estimate of drug-likeness (QED) is 0.0954. The maximum Gasteiger partial charge on any atom is 0.409 e. The van der Waals surface area contributed by atoms with Crippen LogP contribution in [-0.2, 0) is 24.6 Å². The summed E-state index contributed by atoms with van der Waals surface area (Å²) >= 11 is 0. The van der Waals surface area contributed by atoms with Crippen LogP contribution in [0.5, 0.6) is 11.5 Å². The lowest BCUT2D eigenvalue weighted by atomic mass is 9.80. The molecule has 2 heterocycles. The van der Waals surface area contributed by atoms with Gasteiger partial charge in [0.05, 0.1) is 26.9 Å². The first kappa shape index (κ1) is 42.0. The third-order valence-electron chi connectivity index (χ3n) is 11.7. The van der Waals surface area contributed by atoms with E-state index in [1.54, 1.807) is 33.5 Å². The van der Waals surface area contributed by atoms with Crippen molar-refractivity contribution in [3.05, 3.63) is 178 Å². The molecule has 12 nitrogen and oxygen atoms in total. The number of hydrogen-bond donors (Lipinski definition) is 1. The number of rotatable bonds is 16. The molecule has 8 rings (SSSR count). The fourth-order valence-electron chi connectivity index (χ4n) is 8.49. The highest BCUT2D eigenvalue weighted by Crippen LogP contribution is 2.45. The van der Waals surface area contributed by atoms with Crippen LogP contribution in [0.15, 0.2) is 144 Å². The van der Waals surface area contributed by atoms with Crippen LogP contribution >= 0.6 is 0 Å². The molecule has 2 aliphatic rings. The van der Waals surface area contributed by atoms with Gasteiger partial charge in [-0.2, -0.15) is 4.98 Å². The van der Waals surface area contributed by atoms with Gasteiger partial charge in [-0.05, 0) is 88.5 Å². The monoisotopic (exact) mass is 834 g/mol. The zero-order valence-corrected chi connectivity index (χ0v) is 35.1. The van der Waals surface area contributed by atoms with Crippen molar-refractivity contribution in [1.29, 1.82) is 0 Å². The minimum atomic E-state index is -1.01. The summed E-state index contributed by atoms with van der Waals surface area (Å²) in [6.45, 7) is 0.769. The number of nitrogens with zero attached hydrogens (tertiary/aromatic N) is 3. The Balaban J connectivity index is 0.850. The highest BCUT2D eigenvalue weighted by atomic mass is 16.6. The van der Waals surface area contributed by atoms with E-state index in [0.717, 1.165) is 50.4 Å². The molecule has 0 unspecified atom stereocenters. The molecule has 0 bridgehead atoms. The molecule has 1 fully saturated rings. The molecule has 1 saturated heterocycles. The average molecular weight is 835 g/mol. The maximum absolute atomic E-state index is 13.3. The van der Waals surface area contributed by atoms with Crippen LogP contribution in [0.4, 0.5) is 10.6 Å². The highest BCUT2D eigenvalue weighted by molar-refractivity contribution is 5.89. The van der Waals surface area contributed by atoms with Crippen LogP contribution in [0.25, 0.3) is 11.1 Å². The minimum absolute atomic E-state index is 0.0362. The van der Waals surface area contributed by atoms with E-state index in [1.807, 2.05) is 103 Å². The first-order valence-corrected chi connectivity index (χ1v) is 20.9.